The number of fused-ring (bicyclic) bond motifs is 2. The number of nitrogens with one attached hydrogen (secondary N) is 1. The Bertz CT molecular complexity index is 1490. The summed E-state index contributed by atoms with van der Waals surface area (Å²) in [5.41, 5.74) is 3.61. The highest BCUT2D eigenvalue weighted by Gasteiger charge is 2.28. The van der Waals surface area contributed by atoms with E-state index in [0.29, 0.717) is 25.1 Å². The second kappa shape index (κ2) is 8.89. The van der Waals surface area contributed by atoms with E-state index < -0.39 is 22.6 Å². The second-order valence-corrected chi connectivity index (χ2v) is 10.1. The van der Waals surface area contributed by atoms with Crippen molar-refractivity contribution in [1.82, 2.24) is 9.29 Å². The minimum absolute atomic E-state index is 0.110. The Morgan fingerprint density at radius 1 is 0.912 bits per heavy atom. The molecule has 0 saturated heterocycles. The van der Waals surface area contributed by atoms with Crippen molar-refractivity contribution in [2.24, 2.45) is 0 Å². The molecule has 8 heteroatoms. The molecule has 0 radical (unpaired) electrons. The molecular formula is C26H22N2O5S. The van der Waals surface area contributed by atoms with Crippen molar-refractivity contribution < 1.29 is 22.7 Å². The highest BCUT2D eigenvalue weighted by molar-refractivity contribution is 7.89. The van der Waals surface area contributed by atoms with Crippen LogP contribution >= 0.6 is 0 Å². The van der Waals surface area contributed by atoms with Gasteiger partial charge in [0.1, 0.15) is 0 Å². The van der Waals surface area contributed by atoms with Gasteiger partial charge in [-0.2, -0.15) is 4.31 Å². The average molecular weight is 475 g/mol. The van der Waals surface area contributed by atoms with Gasteiger partial charge in [0, 0.05) is 35.8 Å². The first kappa shape index (κ1) is 22.1. The maximum absolute atomic E-state index is 13.1. The number of benzene rings is 3. The molecule has 0 saturated carbocycles. The Balaban J connectivity index is 1.25. The molecule has 4 aromatic rings. The molecule has 0 unspecified atom stereocenters. The van der Waals surface area contributed by atoms with E-state index in [1.807, 2.05) is 48.5 Å². The number of ketones is 1. The van der Waals surface area contributed by atoms with E-state index in [1.165, 1.54) is 28.6 Å². The van der Waals surface area contributed by atoms with Crippen LogP contribution in [-0.4, -0.2) is 42.6 Å². The van der Waals surface area contributed by atoms with Crippen molar-refractivity contribution in [1.29, 1.82) is 0 Å². The van der Waals surface area contributed by atoms with Gasteiger partial charge in [0.15, 0.2) is 6.61 Å². The molecular weight excluding hydrogens is 452 g/mol. The number of sulfonamides is 1. The average Bonchev–Trinajstić information content (AvgIpc) is 3.31. The van der Waals surface area contributed by atoms with E-state index in [4.69, 9.17) is 4.74 Å². The fraction of sp³-hybridized carbons (Fsp3) is 0.154. The number of Topliss-reactive ketones (excluding diaryl/α,β-unsaturated/α-hetero) is 1. The van der Waals surface area contributed by atoms with E-state index in [1.54, 1.807) is 6.20 Å². The Morgan fingerprint density at radius 3 is 2.41 bits per heavy atom. The Kier molecular flexibility index (Phi) is 5.77. The molecule has 172 valence electrons. The summed E-state index contributed by atoms with van der Waals surface area (Å²) < 4.78 is 32.8. The molecule has 0 bridgehead atoms. The fourth-order valence-corrected chi connectivity index (χ4v) is 5.60. The number of carbonyl (C=O) groups excluding carboxylic acids is 2. The lowest BCUT2D eigenvalue weighted by molar-refractivity contribution is 0.0475. The first-order valence-electron chi connectivity index (χ1n) is 10.9. The molecule has 3 aromatic carbocycles. The van der Waals surface area contributed by atoms with Crippen LogP contribution in [0.15, 0.2) is 83.9 Å². The smallest absolute Gasteiger partial charge is 0.338 e. The van der Waals surface area contributed by atoms with Crippen molar-refractivity contribution in [2.45, 2.75) is 17.9 Å². The lowest BCUT2D eigenvalue weighted by Crippen LogP contribution is -2.35. The molecule has 1 N–H and O–H groups in total. The van der Waals surface area contributed by atoms with E-state index in [0.717, 1.165) is 22.0 Å². The normalized spacial score (nSPS) is 14.0. The molecule has 1 aliphatic rings. The lowest BCUT2D eigenvalue weighted by Gasteiger charge is -2.28. The predicted molar refractivity (Wildman–Crippen MR) is 127 cm³/mol. The second-order valence-electron chi connectivity index (χ2n) is 8.13. The first-order chi connectivity index (χ1) is 16.4. The molecule has 0 aliphatic carbocycles. The van der Waals surface area contributed by atoms with Gasteiger partial charge in [0.05, 0.1) is 10.5 Å². The van der Waals surface area contributed by atoms with Gasteiger partial charge < -0.3 is 9.72 Å². The lowest BCUT2D eigenvalue weighted by atomic mass is 10.0. The zero-order valence-electron chi connectivity index (χ0n) is 18.2. The SMILES string of the molecule is O=C(OCC(=O)c1c[nH]c2ccccc12)c1ccc(S(=O)(=O)N2CCc3ccccc3C2)cc1. The number of ether oxygens (including phenoxy) is 1. The van der Waals surface area contributed by atoms with E-state index in [2.05, 4.69) is 4.98 Å². The van der Waals surface area contributed by atoms with E-state index in [9.17, 15) is 18.0 Å². The molecule has 5 rings (SSSR count). The number of para-hydroxylation sites is 1. The van der Waals surface area contributed by atoms with Crippen molar-refractivity contribution in [3.63, 3.8) is 0 Å². The first-order valence-corrected chi connectivity index (χ1v) is 12.3. The zero-order chi connectivity index (χ0) is 23.7. The summed E-state index contributed by atoms with van der Waals surface area (Å²) in [7, 11) is -3.70. The van der Waals surface area contributed by atoms with Crippen molar-refractivity contribution in [3.8, 4) is 0 Å². The molecule has 1 aromatic heterocycles. The van der Waals surface area contributed by atoms with Crippen LogP contribution in [0, 0.1) is 0 Å². The van der Waals surface area contributed by atoms with Gasteiger partial charge in [0.2, 0.25) is 15.8 Å². The Morgan fingerprint density at radius 2 is 1.62 bits per heavy atom. The number of aromatic amines is 1. The van der Waals surface area contributed by atoms with Gasteiger partial charge in [-0.25, -0.2) is 13.2 Å². The van der Waals surface area contributed by atoms with Crippen molar-refractivity contribution >= 4 is 32.7 Å². The van der Waals surface area contributed by atoms with Crippen molar-refractivity contribution in [3.05, 3.63) is 101 Å². The van der Waals surface area contributed by atoms with E-state index in [-0.39, 0.29) is 16.2 Å². The van der Waals surface area contributed by atoms with Gasteiger partial charge in [-0.1, -0.05) is 42.5 Å². The van der Waals surface area contributed by atoms with Crippen LogP contribution < -0.4 is 0 Å². The molecule has 1 aliphatic heterocycles. The monoisotopic (exact) mass is 474 g/mol. The Hall–Kier alpha value is -3.75. The number of rotatable bonds is 6. The van der Waals surface area contributed by atoms with Crippen LogP contribution in [0.4, 0.5) is 0 Å². The molecule has 0 atom stereocenters. The van der Waals surface area contributed by atoms with Gasteiger partial charge >= 0.3 is 5.97 Å². The number of nitrogens with zero attached hydrogens (tertiary/aromatic N) is 1. The number of hydrogen-bond acceptors (Lipinski definition) is 5. The molecule has 0 amide bonds. The largest absolute Gasteiger partial charge is 0.454 e. The van der Waals surface area contributed by atoms with Crippen LogP contribution in [0.1, 0.15) is 31.8 Å². The van der Waals surface area contributed by atoms with E-state index >= 15 is 0 Å². The molecule has 34 heavy (non-hydrogen) atoms. The van der Waals surface area contributed by atoms with Crippen LogP contribution in [0.3, 0.4) is 0 Å². The third kappa shape index (κ3) is 4.13. The third-order valence-corrected chi connectivity index (χ3v) is 7.91. The molecule has 7 nitrogen and oxygen atoms in total. The van der Waals surface area contributed by atoms with Gasteiger partial charge in [0.25, 0.3) is 0 Å². The summed E-state index contributed by atoms with van der Waals surface area (Å²) in [5, 5.41) is 0.762. The van der Waals surface area contributed by atoms with Gasteiger partial charge in [-0.15, -0.1) is 0 Å². The standard InChI is InChI=1S/C26H22N2O5S/c29-25(23-15-27-24-8-4-3-7-22(23)24)17-33-26(30)19-9-11-21(12-10-19)34(31,32)28-14-13-18-5-1-2-6-20(18)16-28/h1-12,15,27H,13-14,16-17H2. The maximum Gasteiger partial charge on any atom is 0.338 e. The summed E-state index contributed by atoms with van der Waals surface area (Å²) in [4.78, 5) is 28.1. The highest BCUT2D eigenvalue weighted by atomic mass is 32.2. The minimum Gasteiger partial charge on any atom is -0.454 e. The van der Waals surface area contributed by atoms with Gasteiger partial charge in [-0.3, -0.25) is 4.79 Å². The summed E-state index contributed by atoms with van der Waals surface area (Å²) >= 11 is 0. The third-order valence-electron chi connectivity index (χ3n) is 6.05. The van der Waals surface area contributed by atoms with Gasteiger partial charge in [-0.05, 0) is 47.9 Å². The number of aromatic nitrogens is 1. The summed E-state index contributed by atoms with van der Waals surface area (Å²) in [5.74, 6) is -1.01. The van der Waals surface area contributed by atoms with Crippen LogP contribution in [0.25, 0.3) is 10.9 Å². The molecule has 2 heterocycles. The van der Waals surface area contributed by atoms with Crippen molar-refractivity contribution in [2.75, 3.05) is 13.2 Å². The van der Waals surface area contributed by atoms with Crippen LogP contribution in [0.5, 0.6) is 0 Å². The maximum atomic E-state index is 13.1. The number of hydrogen-bond donors (Lipinski definition) is 1. The summed E-state index contributed by atoms with van der Waals surface area (Å²) in [6, 6.07) is 20.8. The molecule has 0 fully saturated rings. The topological polar surface area (TPSA) is 96.5 Å². The predicted octanol–water partition coefficient (Wildman–Crippen LogP) is 3.95. The van der Waals surface area contributed by atoms with Crippen LogP contribution in [0.2, 0.25) is 0 Å². The molecule has 0 spiro atoms. The number of H-pyrrole nitrogens is 1. The highest BCUT2D eigenvalue weighted by Crippen LogP contribution is 2.25. The summed E-state index contributed by atoms with van der Waals surface area (Å²) in [6.07, 6.45) is 2.25. The minimum atomic E-state index is -3.70. The number of carbonyl (C=O) groups is 2. The summed E-state index contributed by atoms with van der Waals surface area (Å²) in [6.45, 7) is 0.311. The van der Waals surface area contributed by atoms with Crippen LogP contribution in [-0.2, 0) is 27.7 Å². The fourth-order valence-electron chi connectivity index (χ4n) is 4.18. The quantitative estimate of drug-likeness (QED) is 0.337. The Labute approximate surface area is 197 Å². The number of esters is 1. The zero-order valence-corrected chi connectivity index (χ0v) is 19.0.